The van der Waals surface area contributed by atoms with Gasteiger partial charge in [0.25, 0.3) is 0 Å². The highest BCUT2D eigenvalue weighted by Gasteiger charge is 2.16. The maximum atomic E-state index is 11.8. The van der Waals surface area contributed by atoms with Crippen molar-refractivity contribution in [1.29, 1.82) is 0 Å². The fourth-order valence-corrected chi connectivity index (χ4v) is 2.27. The molecule has 0 bridgehead atoms. The van der Waals surface area contributed by atoms with E-state index in [0.717, 1.165) is 11.4 Å². The monoisotopic (exact) mass is 346 g/mol. The Morgan fingerprint density at radius 1 is 0.958 bits per heavy atom. The molecule has 0 fully saturated rings. The lowest BCUT2D eigenvalue weighted by molar-refractivity contribution is -0.152. The number of halogens is 1. The molecule has 2 rings (SSSR count). The first-order valence-corrected chi connectivity index (χ1v) is 8.48. The van der Waals surface area contributed by atoms with Crippen LogP contribution in [0.15, 0.2) is 48.5 Å². The molecule has 0 saturated heterocycles. The van der Waals surface area contributed by atoms with Gasteiger partial charge in [-0.05, 0) is 54.7 Å². The molecule has 2 aromatic rings. The Balaban J connectivity index is 1.89. The number of ether oxygens (including phenoxy) is 2. The van der Waals surface area contributed by atoms with Gasteiger partial charge in [-0.15, -0.1) is 0 Å². The van der Waals surface area contributed by atoms with Crippen LogP contribution in [0, 0.1) is 5.92 Å². The van der Waals surface area contributed by atoms with E-state index >= 15 is 0 Å². The van der Waals surface area contributed by atoms with Gasteiger partial charge in [0.1, 0.15) is 5.75 Å². The molecule has 128 valence electrons. The molecule has 0 aliphatic heterocycles. The summed E-state index contributed by atoms with van der Waals surface area (Å²) in [6.45, 7) is 6.10. The zero-order chi connectivity index (χ0) is 17.5. The fourth-order valence-electron chi connectivity index (χ4n) is 2.14. The number of hydrogen-bond acceptors (Lipinski definition) is 3. The Morgan fingerprint density at radius 2 is 1.50 bits per heavy atom. The Morgan fingerprint density at radius 3 is 2.04 bits per heavy atom. The summed E-state index contributed by atoms with van der Waals surface area (Å²) in [5.74, 6) is 0.631. The summed E-state index contributed by atoms with van der Waals surface area (Å²) in [4.78, 5) is 11.8. The third-order valence-corrected chi connectivity index (χ3v) is 3.70. The average molecular weight is 347 g/mol. The normalized spacial score (nSPS) is 12.0. The molecule has 1 atom stereocenters. The van der Waals surface area contributed by atoms with E-state index in [4.69, 9.17) is 21.1 Å². The van der Waals surface area contributed by atoms with E-state index < -0.39 is 6.10 Å². The lowest BCUT2D eigenvalue weighted by atomic mass is 10.1. The predicted octanol–water partition coefficient (Wildman–Crippen LogP) is 4.90. The minimum atomic E-state index is -0.620. The lowest BCUT2D eigenvalue weighted by Gasteiger charge is -2.15. The van der Waals surface area contributed by atoms with Gasteiger partial charge in [0, 0.05) is 5.02 Å². The van der Waals surface area contributed by atoms with Crippen LogP contribution in [-0.2, 0) is 16.0 Å². The van der Waals surface area contributed by atoms with Crippen molar-refractivity contribution in [2.45, 2.75) is 33.3 Å². The second-order valence-corrected chi connectivity index (χ2v) is 6.67. The number of carbonyl (C=O) groups excluding carboxylic acids is 1. The summed E-state index contributed by atoms with van der Waals surface area (Å²) >= 11 is 5.89. The molecule has 0 aromatic heterocycles. The number of carbonyl (C=O) groups is 1. The molecule has 4 heteroatoms. The maximum Gasteiger partial charge on any atom is 0.347 e. The average Bonchev–Trinajstić information content (AvgIpc) is 2.56. The first kappa shape index (κ1) is 18.3. The van der Waals surface area contributed by atoms with Gasteiger partial charge in [-0.2, -0.15) is 0 Å². The van der Waals surface area contributed by atoms with Crippen molar-refractivity contribution in [1.82, 2.24) is 0 Å². The second-order valence-electron chi connectivity index (χ2n) is 6.23. The van der Waals surface area contributed by atoms with Gasteiger partial charge in [0.05, 0.1) is 6.61 Å². The summed E-state index contributed by atoms with van der Waals surface area (Å²) in [7, 11) is 0. The molecule has 0 N–H and O–H groups in total. The largest absolute Gasteiger partial charge is 0.479 e. The first-order chi connectivity index (χ1) is 11.4. The van der Waals surface area contributed by atoms with Crippen LogP contribution < -0.4 is 4.74 Å². The summed E-state index contributed by atoms with van der Waals surface area (Å²) in [5, 5.41) is 0.737. The van der Waals surface area contributed by atoms with Crippen molar-refractivity contribution in [3.63, 3.8) is 0 Å². The topological polar surface area (TPSA) is 35.5 Å². The molecule has 0 spiro atoms. The van der Waals surface area contributed by atoms with E-state index in [1.165, 1.54) is 11.1 Å². The smallest absolute Gasteiger partial charge is 0.347 e. The van der Waals surface area contributed by atoms with E-state index in [-0.39, 0.29) is 5.97 Å². The number of rotatable bonds is 7. The molecular formula is C20H23ClO3. The van der Waals surface area contributed by atoms with Crippen LogP contribution in [0.3, 0.4) is 0 Å². The lowest BCUT2D eigenvalue weighted by Crippen LogP contribution is -2.27. The van der Waals surface area contributed by atoms with Crippen LogP contribution >= 0.6 is 11.6 Å². The SMILES string of the molecule is CC(C)COC(=O)C(C)Oc1ccc(Cc2ccc(Cl)cc2)cc1. The highest BCUT2D eigenvalue weighted by atomic mass is 35.5. The summed E-state index contributed by atoms with van der Waals surface area (Å²) in [5.41, 5.74) is 2.36. The molecule has 0 heterocycles. The third-order valence-electron chi connectivity index (χ3n) is 3.45. The second kappa shape index (κ2) is 8.74. The zero-order valence-electron chi connectivity index (χ0n) is 14.3. The molecule has 24 heavy (non-hydrogen) atoms. The molecule has 0 aliphatic carbocycles. The highest BCUT2D eigenvalue weighted by Crippen LogP contribution is 2.18. The van der Waals surface area contributed by atoms with Crippen molar-refractivity contribution >= 4 is 17.6 Å². The van der Waals surface area contributed by atoms with Gasteiger partial charge in [-0.3, -0.25) is 0 Å². The number of benzene rings is 2. The molecule has 1 unspecified atom stereocenters. The van der Waals surface area contributed by atoms with Gasteiger partial charge >= 0.3 is 5.97 Å². The van der Waals surface area contributed by atoms with Crippen LogP contribution in [0.4, 0.5) is 0 Å². The van der Waals surface area contributed by atoms with Gasteiger partial charge in [0.15, 0.2) is 6.10 Å². The molecule has 3 nitrogen and oxygen atoms in total. The summed E-state index contributed by atoms with van der Waals surface area (Å²) in [6.07, 6.45) is 0.203. The van der Waals surface area contributed by atoms with Crippen molar-refractivity contribution in [3.05, 3.63) is 64.7 Å². The Kier molecular flexibility index (Phi) is 6.68. The van der Waals surface area contributed by atoms with Gasteiger partial charge in [-0.1, -0.05) is 49.7 Å². The van der Waals surface area contributed by atoms with Crippen LogP contribution in [0.2, 0.25) is 5.02 Å². The van der Waals surface area contributed by atoms with Gasteiger partial charge in [0.2, 0.25) is 0 Å². The molecule has 0 saturated carbocycles. The molecule has 0 radical (unpaired) electrons. The van der Waals surface area contributed by atoms with Crippen molar-refractivity contribution < 1.29 is 14.3 Å². The minimum absolute atomic E-state index is 0.313. The quantitative estimate of drug-likeness (QED) is 0.669. The van der Waals surface area contributed by atoms with Gasteiger partial charge in [-0.25, -0.2) is 4.79 Å². The van der Waals surface area contributed by atoms with Crippen molar-refractivity contribution in [2.24, 2.45) is 5.92 Å². The van der Waals surface area contributed by atoms with Crippen molar-refractivity contribution in [2.75, 3.05) is 6.61 Å². The van der Waals surface area contributed by atoms with Crippen LogP contribution in [0.1, 0.15) is 31.9 Å². The summed E-state index contributed by atoms with van der Waals surface area (Å²) < 4.78 is 10.8. The van der Waals surface area contributed by atoms with E-state index in [0.29, 0.717) is 18.3 Å². The molecule has 0 aliphatic rings. The van der Waals surface area contributed by atoms with Crippen LogP contribution in [0.5, 0.6) is 5.75 Å². The van der Waals surface area contributed by atoms with E-state index in [1.807, 2.05) is 62.4 Å². The third kappa shape index (κ3) is 5.89. The minimum Gasteiger partial charge on any atom is -0.479 e. The molecule has 2 aromatic carbocycles. The van der Waals surface area contributed by atoms with Crippen LogP contribution in [-0.4, -0.2) is 18.7 Å². The molecular weight excluding hydrogens is 324 g/mol. The van der Waals surface area contributed by atoms with E-state index in [1.54, 1.807) is 6.92 Å². The van der Waals surface area contributed by atoms with Crippen LogP contribution in [0.25, 0.3) is 0 Å². The zero-order valence-corrected chi connectivity index (χ0v) is 15.0. The van der Waals surface area contributed by atoms with E-state index in [2.05, 4.69) is 0 Å². The van der Waals surface area contributed by atoms with E-state index in [9.17, 15) is 4.79 Å². The fraction of sp³-hybridized carbons (Fsp3) is 0.350. The Bertz CT molecular complexity index is 648. The first-order valence-electron chi connectivity index (χ1n) is 8.10. The Hall–Kier alpha value is -2.00. The predicted molar refractivity (Wildman–Crippen MR) is 96.6 cm³/mol. The van der Waals surface area contributed by atoms with Gasteiger partial charge < -0.3 is 9.47 Å². The maximum absolute atomic E-state index is 11.8. The standard InChI is InChI=1S/C20H23ClO3/c1-14(2)13-23-20(22)15(3)24-19-10-6-17(7-11-19)12-16-4-8-18(21)9-5-16/h4-11,14-15H,12-13H2,1-3H3. The van der Waals surface area contributed by atoms with Crippen molar-refractivity contribution in [3.8, 4) is 5.75 Å². The molecule has 0 amide bonds. The highest BCUT2D eigenvalue weighted by molar-refractivity contribution is 6.30. The Labute approximate surface area is 148 Å². The number of hydrogen-bond donors (Lipinski definition) is 0. The number of esters is 1. The summed E-state index contributed by atoms with van der Waals surface area (Å²) in [6, 6.07) is 15.5.